The van der Waals surface area contributed by atoms with E-state index in [-0.39, 0.29) is 11.8 Å². The van der Waals surface area contributed by atoms with Crippen LogP contribution in [0.25, 0.3) is 11.3 Å². The third-order valence-electron chi connectivity index (χ3n) is 2.89. The molecule has 0 spiro atoms. The van der Waals surface area contributed by atoms with Crippen LogP contribution in [-0.4, -0.2) is 28.4 Å². The number of hydrogen-bond acceptors (Lipinski definition) is 4. The fraction of sp³-hybridized carbons (Fsp3) is 0.214. The molecule has 0 saturated heterocycles. The highest BCUT2D eigenvalue weighted by Crippen LogP contribution is 2.22. The maximum atomic E-state index is 10.7. The molecule has 2 aromatic rings. The molecule has 1 heterocycles. The van der Waals surface area contributed by atoms with E-state index >= 15 is 0 Å². The van der Waals surface area contributed by atoms with Crippen molar-refractivity contribution < 1.29 is 14.6 Å². The van der Waals surface area contributed by atoms with Gasteiger partial charge in [-0.15, -0.1) is 10.2 Å². The summed E-state index contributed by atoms with van der Waals surface area (Å²) in [5, 5.41) is 16.4. The minimum atomic E-state index is -1.08. The number of ether oxygens (including phenoxy) is 1. The van der Waals surface area contributed by atoms with Crippen molar-refractivity contribution in [1.82, 2.24) is 10.2 Å². The van der Waals surface area contributed by atoms with Gasteiger partial charge in [0.1, 0.15) is 0 Å². The zero-order valence-corrected chi connectivity index (χ0v) is 10.7. The standard InChI is InChI=1S/C14H14N2O3/c1-9(19-2)10-4-3-5-11(8-10)12-6-7-13(14(17)18)16-15-12/h3-9H,1-2H3,(H,17,18)/t9-/m0/s1. The van der Waals surface area contributed by atoms with E-state index in [4.69, 9.17) is 9.84 Å². The van der Waals surface area contributed by atoms with Gasteiger partial charge >= 0.3 is 5.97 Å². The Labute approximate surface area is 110 Å². The maximum absolute atomic E-state index is 10.7. The first-order chi connectivity index (χ1) is 9.11. The molecule has 98 valence electrons. The van der Waals surface area contributed by atoms with Crippen LogP contribution < -0.4 is 0 Å². The van der Waals surface area contributed by atoms with Crippen molar-refractivity contribution in [3.63, 3.8) is 0 Å². The molecule has 1 aromatic carbocycles. The van der Waals surface area contributed by atoms with Crippen molar-refractivity contribution in [2.75, 3.05) is 7.11 Å². The Hall–Kier alpha value is -2.27. The average Bonchev–Trinajstić information content (AvgIpc) is 2.46. The van der Waals surface area contributed by atoms with E-state index in [9.17, 15) is 4.79 Å². The molecule has 0 bridgehead atoms. The minimum Gasteiger partial charge on any atom is -0.476 e. The number of hydrogen-bond donors (Lipinski definition) is 1. The number of benzene rings is 1. The maximum Gasteiger partial charge on any atom is 0.356 e. The quantitative estimate of drug-likeness (QED) is 0.912. The fourth-order valence-electron chi connectivity index (χ4n) is 1.69. The van der Waals surface area contributed by atoms with E-state index < -0.39 is 5.97 Å². The summed E-state index contributed by atoms with van der Waals surface area (Å²) in [6.45, 7) is 1.96. The molecule has 5 nitrogen and oxygen atoms in total. The van der Waals surface area contributed by atoms with Gasteiger partial charge in [0.15, 0.2) is 5.69 Å². The number of aromatic nitrogens is 2. The van der Waals surface area contributed by atoms with E-state index in [1.807, 2.05) is 31.2 Å². The van der Waals surface area contributed by atoms with Gasteiger partial charge in [-0.1, -0.05) is 18.2 Å². The summed E-state index contributed by atoms with van der Waals surface area (Å²) in [6.07, 6.45) is -0.00815. The van der Waals surface area contributed by atoms with Gasteiger partial charge in [0, 0.05) is 12.7 Å². The van der Waals surface area contributed by atoms with Gasteiger partial charge in [0.25, 0.3) is 0 Å². The zero-order valence-electron chi connectivity index (χ0n) is 10.7. The Balaban J connectivity index is 2.33. The van der Waals surface area contributed by atoms with Crippen molar-refractivity contribution in [2.45, 2.75) is 13.0 Å². The van der Waals surface area contributed by atoms with E-state index in [1.54, 1.807) is 13.2 Å². The lowest BCUT2D eigenvalue weighted by atomic mass is 10.0. The first kappa shape index (κ1) is 13.2. The van der Waals surface area contributed by atoms with Crippen LogP contribution in [0.1, 0.15) is 29.1 Å². The Bertz CT molecular complexity index is 581. The van der Waals surface area contributed by atoms with Crippen LogP contribution in [0.15, 0.2) is 36.4 Å². The van der Waals surface area contributed by atoms with Crippen molar-refractivity contribution in [1.29, 1.82) is 0 Å². The third kappa shape index (κ3) is 2.95. The molecule has 0 aliphatic carbocycles. The van der Waals surface area contributed by atoms with Gasteiger partial charge in [0.2, 0.25) is 0 Å². The minimum absolute atomic E-state index is 0.00815. The van der Waals surface area contributed by atoms with Crippen LogP contribution >= 0.6 is 0 Å². The summed E-state index contributed by atoms with van der Waals surface area (Å²) >= 11 is 0. The van der Waals surface area contributed by atoms with Crippen LogP contribution in [0.5, 0.6) is 0 Å². The normalized spacial score (nSPS) is 12.1. The highest BCUT2D eigenvalue weighted by atomic mass is 16.5. The number of aromatic carboxylic acids is 1. The summed E-state index contributed by atoms with van der Waals surface area (Å²) in [7, 11) is 1.65. The van der Waals surface area contributed by atoms with Crippen molar-refractivity contribution in [2.24, 2.45) is 0 Å². The molecule has 0 aliphatic rings. The Morgan fingerprint density at radius 1 is 1.26 bits per heavy atom. The number of rotatable bonds is 4. The molecule has 5 heteroatoms. The van der Waals surface area contributed by atoms with E-state index in [0.29, 0.717) is 5.69 Å². The summed E-state index contributed by atoms with van der Waals surface area (Å²) in [6, 6.07) is 10.8. The van der Waals surface area contributed by atoms with Crippen LogP contribution in [0.3, 0.4) is 0 Å². The topological polar surface area (TPSA) is 72.3 Å². The first-order valence-electron chi connectivity index (χ1n) is 5.82. The van der Waals surface area contributed by atoms with Gasteiger partial charge < -0.3 is 9.84 Å². The molecular weight excluding hydrogens is 244 g/mol. The molecule has 0 amide bonds. The molecule has 0 unspecified atom stereocenters. The molecule has 0 fully saturated rings. The highest BCUT2D eigenvalue weighted by Gasteiger charge is 2.08. The van der Waals surface area contributed by atoms with E-state index in [0.717, 1.165) is 11.1 Å². The molecule has 0 saturated carbocycles. The Kier molecular flexibility index (Phi) is 3.87. The van der Waals surface area contributed by atoms with Gasteiger partial charge in [-0.3, -0.25) is 0 Å². The van der Waals surface area contributed by atoms with Crippen LogP contribution in [0.4, 0.5) is 0 Å². The van der Waals surface area contributed by atoms with Crippen molar-refractivity contribution >= 4 is 5.97 Å². The van der Waals surface area contributed by atoms with E-state index in [1.165, 1.54) is 6.07 Å². The number of carboxylic acid groups (broad SMARTS) is 1. The average molecular weight is 258 g/mol. The number of carbonyl (C=O) groups is 1. The summed E-state index contributed by atoms with van der Waals surface area (Å²) in [4.78, 5) is 10.7. The van der Waals surface area contributed by atoms with Gasteiger partial charge in [-0.2, -0.15) is 0 Å². The summed E-state index contributed by atoms with van der Waals surface area (Å²) in [5.41, 5.74) is 2.48. The van der Waals surface area contributed by atoms with E-state index in [2.05, 4.69) is 10.2 Å². The lowest BCUT2D eigenvalue weighted by Gasteiger charge is -2.10. The molecule has 19 heavy (non-hydrogen) atoms. The molecule has 0 aliphatic heterocycles. The lowest BCUT2D eigenvalue weighted by Crippen LogP contribution is -2.02. The smallest absolute Gasteiger partial charge is 0.356 e. The number of methoxy groups -OCH3 is 1. The van der Waals surface area contributed by atoms with Gasteiger partial charge in [-0.25, -0.2) is 4.79 Å². The second-order valence-electron chi connectivity index (χ2n) is 4.11. The predicted molar refractivity (Wildman–Crippen MR) is 69.9 cm³/mol. The Morgan fingerprint density at radius 2 is 2.05 bits per heavy atom. The number of carboxylic acids is 1. The second kappa shape index (κ2) is 5.58. The van der Waals surface area contributed by atoms with Gasteiger partial charge in [-0.05, 0) is 30.7 Å². The van der Waals surface area contributed by atoms with Crippen molar-refractivity contribution in [3.8, 4) is 11.3 Å². The Morgan fingerprint density at radius 3 is 2.63 bits per heavy atom. The molecule has 1 atom stereocenters. The SMILES string of the molecule is CO[C@@H](C)c1cccc(-c2ccc(C(=O)O)nn2)c1. The zero-order chi connectivity index (χ0) is 13.8. The summed E-state index contributed by atoms with van der Waals surface area (Å²) < 4.78 is 5.26. The molecule has 2 rings (SSSR count). The molecule has 0 radical (unpaired) electrons. The lowest BCUT2D eigenvalue weighted by molar-refractivity contribution is 0.0689. The largest absolute Gasteiger partial charge is 0.476 e. The second-order valence-corrected chi connectivity index (χ2v) is 4.11. The third-order valence-corrected chi connectivity index (χ3v) is 2.89. The first-order valence-corrected chi connectivity index (χ1v) is 5.82. The molecule has 1 N–H and O–H groups in total. The highest BCUT2D eigenvalue weighted by molar-refractivity contribution is 5.85. The molecular formula is C14H14N2O3. The number of nitrogens with zero attached hydrogens (tertiary/aromatic N) is 2. The summed E-state index contributed by atoms with van der Waals surface area (Å²) in [5.74, 6) is -1.08. The fourth-order valence-corrected chi connectivity index (χ4v) is 1.69. The molecule has 1 aromatic heterocycles. The monoisotopic (exact) mass is 258 g/mol. The van der Waals surface area contributed by atoms with Crippen LogP contribution in [-0.2, 0) is 4.74 Å². The van der Waals surface area contributed by atoms with Crippen LogP contribution in [0, 0.1) is 0 Å². The van der Waals surface area contributed by atoms with Crippen molar-refractivity contribution in [3.05, 3.63) is 47.7 Å². The van der Waals surface area contributed by atoms with Crippen LogP contribution in [0.2, 0.25) is 0 Å². The van der Waals surface area contributed by atoms with Gasteiger partial charge in [0.05, 0.1) is 11.8 Å². The predicted octanol–water partition coefficient (Wildman–Crippen LogP) is 2.55.